The zero-order chi connectivity index (χ0) is 13.0. The van der Waals surface area contributed by atoms with Gasteiger partial charge < -0.3 is 10.1 Å². The summed E-state index contributed by atoms with van der Waals surface area (Å²) in [5.41, 5.74) is 1.20. The van der Waals surface area contributed by atoms with Crippen LogP contribution in [0.15, 0.2) is 46.9 Å². The molecule has 0 aliphatic heterocycles. The second kappa shape index (κ2) is 6.23. The van der Waals surface area contributed by atoms with Crippen molar-refractivity contribution in [3.63, 3.8) is 0 Å². The van der Waals surface area contributed by atoms with Crippen LogP contribution in [0.4, 0.5) is 0 Å². The van der Waals surface area contributed by atoms with Crippen LogP contribution >= 0.6 is 27.5 Å². The molecule has 0 heterocycles. The van der Waals surface area contributed by atoms with Crippen LogP contribution in [0, 0.1) is 0 Å². The Morgan fingerprint density at radius 2 is 1.89 bits per heavy atom. The Bertz CT molecular complexity index is 528. The van der Waals surface area contributed by atoms with Gasteiger partial charge in [0.15, 0.2) is 0 Å². The Kier molecular flexibility index (Phi) is 4.64. The summed E-state index contributed by atoms with van der Waals surface area (Å²) >= 11 is 9.34. The molecule has 0 aromatic heterocycles. The Labute approximate surface area is 120 Å². The molecule has 94 valence electrons. The summed E-state index contributed by atoms with van der Waals surface area (Å²) in [4.78, 5) is 0. The molecule has 1 N–H and O–H groups in total. The van der Waals surface area contributed by atoms with E-state index in [-0.39, 0.29) is 0 Å². The van der Waals surface area contributed by atoms with Gasteiger partial charge in [0.1, 0.15) is 11.5 Å². The minimum Gasteiger partial charge on any atom is -0.456 e. The van der Waals surface area contributed by atoms with Gasteiger partial charge in [-0.05, 0) is 64.9 Å². The molecule has 0 bridgehead atoms. The van der Waals surface area contributed by atoms with Crippen LogP contribution in [0.3, 0.4) is 0 Å². The molecule has 0 fully saturated rings. The monoisotopic (exact) mass is 325 g/mol. The molecule has 0 aliphatic carbocycles. The second-order valence-electron chi connectivity index (χ2n) is 3.85. The normalized spacial score (nSPS) is 10.4. The number of halogens is 2. The molecule has 0 saturated heterocycles. The van der Waals surface area contributed by atoms with Crippen molar-refractivity contribution in [1.29, 1.82) is 0 Å². The van der Waals surface area contributed by atoms with Crippen LogP contribution in [0.1, 0.15) is 5.56 Å². The summed E-state index contributed by atoms with van der Waals surface area (Å²) in [6, 6.07) is 13.3. The predicted molar refractivity (Wildman–Crippen MR) is 78.4 cm³/mol. The van der Waals surface area contributed by atoms with Crippen molar-refractivity contribution in [2.75, 3.05) is 7.05 Å². The molecule has 2 aromatic carbocycles. The zero-order valence-corrected chi connectivity index (χ0v) is 12.3. The molecule has 0 amide bonds. The first kappa shape index (κ1) is 13.4. The Morgan fingerprint density at radius 1 is 1.17 bits per heavy atom. The lowest BCUT2D eigenvalue weighted by molar-refractivity contribution is 0.479. The van der Waals surface area contributed by atoms with E-state index >= 15 is 0 Å². The quantitative estimate of drug-likeness (QED) is 0.885. The van der Waals surface area contributed by atoms with Gasteiger partial charge in [0.2, 0.25) is 0 Å². The molecule has 4 heteroatoms. The van der Waals surface area contributed by atoms with Gasteiger partial charge in [0.25, 0.3) is 0 Å². The van der Waals surface area contributed by atoms with Gasteiger partial charge in [-0.2, -0.15) is 0 Å². The SMILES string of the molecule is CNCc1ccc(Oc2ccc(Cl)cc2)c(Br)c1. The van der Waals surface area contributed by atoms with Crippen molar-refractivity contribution in [3.05, 3.63) is 57.5 Å². The molecular formula is C14H13BrClNO. The predicted octanol–water partition coefficient (Wildman–Crippen LogP) is 4.61. The molecule has 2 rings (SSSR count). The van der Waals surface area contributed by atoms with Crippen molar-refractivity contribution >= 4 is 27.5 Å². The molecular weight excluding hydrogens is 314 g/mol. The van der Waals surface area contributed by atoms with Crippen LogP contribution in [0.25, 0.3) is 0 Å². The largest absolute Gasteiger partial charge is 0.456 e. The highest BCUT2D eigenvalue weighted by Gasteiger charge is 2.04. The number of hydrogen-bond acceptors (Lipinski definition) is 2. The summed E-state index contributed by atoms with van der Waals surface area (Å²) in [7, 11) is 1.92. The van der Waals surface area contributed by atoms with Crippen LogP contribution in [0.2, 0.25) is 5.02 Å². The van der Waals surface area contributed by atoms with E-state index in [1.165, 1.54) is 5.56 Å². The summed E-state index contributed by atoms with van der Waals surface area (Å²) in [6.07, 6.45) is 0. The van der Waals surface area contributed by atoms with Crippen LogP contribution in [-0.4, -0.2) is 7.05 Å². The maximum absolute atomic E-state index is 5.83. The fourth-order valence-electron chi connectivity index (χ4n) is 1.57. The van der Waals surface area contributed by atoms with Gasteiger partial charge in [0.05, 0.1) is 4.47 Å². The van der Waals surface area contributed by atoms with Gasteiger partial charge in [-0.3, -0.25) is 0 Å². The Hall–Kier alpha value is -1.03. The molecule has 0 spiro atoms. The Morgan fingerprint density at radius 3 is 2.50 bits per heavy atom. The summed E-state index contributed by atoms with van der Waals surface area (Å²) in [5, 5.41) is 3.81. The first-order valence-corrected chi connectivity index (χ1v) is 6.72. The van der Waals surface area contributed by atoms with Crippen LogP contribution in [-0.2, 0) is 6.54 Å². The third-order valence-electron chi connectivity index (χ3n) is 2.42. The lowest BCUT2D eigenvalue weighted by Gasteiger charge is -2.09. The molecule has 18 heavy (non-hydrogen) atoms. The number of rotatable bonds is 4. The third-order valence-corrected chi connectivity index (χ3v) is 3.29. The van der Waals surface area contributed by atoms with Gasteiger partial charge in [-0.15, -0.1) is 0 Å². The van der Waals surface area contributed by atoms with E-state index in [0.29, 0.717) is 5.02 Å². The van der Waals surface area contributed by atoms with Gasteiger partial charge in [-0.1, -0.05) is 17.7 Å². The number of ether oxygens (including phenoxy) is 1. The van der Waals surface area contributed by atoms with E-state index in [9.17, 15) is 0 Å². The first-order valence-electron chi connectivity index (χ1n) is 5.55. The first-order chi connectivity index (χ1) is 8.69. The molecule has 0 atom stereocenters. The number of hydrogen-bond donors (Lipinski definition) is 1. The van der Waals surface area contributed by atoms with Crippen molar-refractivity contribution < 1.29 is 4.74 Å². The van der Waals surface area contributed by atoms with E-state index in [4.69, 9.17) is 16.3 Å². The molecule has 0 unspecified atom stereocenters. The molecule has 0 aliphatic rings. The van der Waals surface area contributed by atoms with E-state index in [1.807, 2.05) is 37.4 Å². The second-order valence-corrected chi connectivity index (χ2v) is 5.14. The summed E-state index contributed by atoms with van der Waals surface area (Å²) in [6.45, 7) is 0.833. The molecule has 0 saturated carbocycles. The standard InChI is InChI=1S/C14H13BrClNO/c1-17-9-10-2-7-14(13(15)8-10)18-12-5-3-11(16)4-6-12/h2-8,17H,9H2,1H3. The van der Waals surface area contributed by atoms with Gasteiger partial charge in [-0.25, -0.2) is 0 Å². The average Bonchev–Trinajstić information content (AvgIpc) is 2.36. The third kappa shape index (κ3) is 3.48. The highest BCUT2D eigenvalue weighted by molar-refractivity contribution is 9.10. The van der Waals surface area contributed by atoms with E-state index in [2.05, 4.69) is 21.2 Å². The molecule has 2 nitrogen and oxygen atoms in total. The fraction of sp³-hybridized carbons (Fsp3) is 0.143. The highest BCUT2D eigenvalue weighted by Crippen LogP contribution is 2.30. The minimum absolute atomic E-state index is 0.700. The van der Waals surface area contributed by atoms with Crippen molar-refractivity contribution in [2.24, 2.45) is 0 Å². The maximum Gasteiger partial charge on any atom is 0.141 e. The number of benzene rings is 2. The smallest absolute Gasteiger partial charge is 0.141 e. The van der Waals surface area contributed by atoms with Crippen LogP contribution in [0.5, 0.6) is 11.5 Å². The van der Waals surface area contributed by atoms with Gasteiger partial charge in [0, 0.05) is 11.6 Å². The van der Waals surface area contributed by atoms with E-state index < -0.39 is 0 Å². The lowest BCUT2D eigenvalue weighted by Crippen LogP contribution is -2.04. The molecule has 0 radical (unpaired) electrons. The van der Waals surface area contributed by atoms with Gasteiger partial charge >= 0.3 is 0 Å². The lowest BCUT2D eigenvalue weighted by atomic mass is 10.2. The van der Waals surface area contributed by atoms with Crippen molar-refractivity contribution in [3.8, 4) is 11.5 Å². The molecule has 2 aromatic rings. The average molecular weight is 327 g/mol. The topological polar surface area (TPSA) is 21.3 Å². The van der Waals surface area contributed by atoms with E-state index in [0.717, 1.165) is 22.5 Å². The Balaban J connectivity index is 2.16. The summed E-state index contributed by atoms with van der Waals surface area (Å²) in [5.74, 6) is 1.55. The van der Waals surface area contributed by atoms with E-state index in [1.54, 1.807) is 12.1 Å². The van der Waals surface area contributed by atoms with Crippen molar-refractivity contribution in [1.82, 2.24) is 5.32 Å². The zero-order valence-electron chi connectivity index (χ0n) is 9.91. The number of nitrogens with one attached hydrogen (secondary N) is 1. The van der Waals surface area contributed by atoms with Crippen molar-refractivity contribution in [2.45, 2.75) is 6.54 Å². The summed E-state index contributed by atoms with van der Waals surface area (Å²) < 4.78 is 6.71. The fourth-order valence-corrected chi connectivity index (χ4v) is 2.20. The highest BCUT2D eigenvalue weighted by atomic mass is 79.9. The minimum atomic E-state index is 0.700. The van der Waals surface area contributed by atoms with Crippen LogP contribution < -0.4 is 10.1 Å². The maximum atomic E-state index is 5.83.